The Morgan fingerprint density at radius 3 is 1.27 bits per heavy atom. The van der Waals surface area contributed by atoms with E-state index in [4.69, 9.17) is 0 Å². The number of hydrogen-bond acceptors (Lipinski definition) is 4. The molecular weight excluding hydrogens is 424 g/mol. The highest BCUT2D eigenvalue weighted by Gasteiger charge is 2.32. The molecule has 0 bridgehead atoms. The molecule has 0 radical (unpaired) electrons. The average molecular weight is 434 g/mol. The van der Waals surface area contributed by atoms with Crippen molar-refractivity contribution in [1.29, 1.82) is 0 Å². The van der Waals surface area contributed by atoms with Crippen LogP contribution in [-0.4, -0.2) is 9.97 Å². The first kappa shape index (κ1) is 21.3. The summed E-state index contributed by atoms with van der Waals surface area (Å²) in [5, 5.41) is 4.83. The van der Waals surface area contributed by atoms with Crippen LogP contribution in [0.1, 0.15) is 11.1 Å². The molecule has 30 heavy (non-hydrogen) atoms. The minimum Gasteiger partial charge on any atom is -0.335 e. The molecule has 2 N–H and O–H groups in total. The molecule has 0 saturated carbocycles. The molecule has 0 aliphatic rings. The van der Waals surface area contributed by atoms with Crippen LogP contribution >= 0.6 is 0 Å². The molecule has 1 aromatic heterocycles. The highest BCUT2D eigenvalue weighted by molar-refractivity contribution is 5.72. The standard InChI is InChI=1S/C18H10F8N4/c19-11-7-9(17(21,22)23)1-3-13(11)29-15-16(28-6-5-27-15)30-14-4-2-10(8-12(14)20)18(24,25)26/h1-8H,(H,27,29)(H,28,30). The quantitative estimate of drug-likeness (QED) is 0.475. The molecule has 3 aromatic rings. The molecule has 2 aromatic carbocycles. The Kier molecular flexibility index (Phi) is 5.51. The maximum absolute atomic E-state index is 14.0. The first-order valence-electron chi connectivity index (χ1n) is 8.03. The third kappa shape index (κ3) is 4.75. The third-order valence-corrected chi connectivity index (χ3v) is 3.80. The number of nitrogens with zero attached hydrogens (tertiary/aromatic N) is 2. The molecule has 158 valence electrons. The van der Waals surface area contributed by atoms with E-state index in [9.17, 15) is 35.1 Å². The zero-order valence-corrected chi connectivity index (χ0v) is 14.5. The van der Waals surface area contributed by atoms with Gasteiger partial charge in [-0.25, -0.2) is 18.7 Å². The van der Waals surface area contributed by atoms with Gasteiger partial charge in [0.25, 0.3) is 0 Å². The van der Waals surface area contributed by atoms with Crippen molar-refractivity contribution < 1.29 is 35.1 Å². The summed E-state index contributed by atoms with van der Waals surface area (Å²) in [7, 11) is 0. The largest absolute Gasteiger partial charge is 0.416 e. The maximum Gasteiger partial charge on any atom is 0.416 e. The van der Waals surface area contributed by atoms with Crippen molar-refractivity contribution in [2.24, 2.45) is 0 Å². The van der Waals surface area contributed by atoms with Crippen LogP contribution in [-0.2, 0) is 12.4 Å². The second-order valence-electron chi connectivity index (χ2n) is 5.89. The molecule has 0 amide bonds. The molecule has 0 unspecified atom stereocenters. The van der Waals surface area contributed by atoms with Gasteiger partial charge in [0.2, 0.25) is 0 Å². The van der Waals surface area contributed by atoms with Crippen molar-refractivity contribution >= 4 is 23.0 Å². The lowest BCUT2D eigenvalue weighted by atomic mass is 10.2. The van der Waals surface area contributed by atoms with E-state index >= 15 is 0 Å². The van der Waals surface area contributed by atoms with Gasteiger partial charge in [0.05, 0.1) is 22.5 Å². The second kappa shape index (κ2) is 7.76. The highest BCUT2D eigenvalue weighted by Crippen LogP contribution is 2.34. The van der Waals surface area contributed by atoms with Gasteiger partial charge in [-0.05, 0) is 36.4 Å². The van der Waals surface area contributed by atoms with E-state index in [1.165, 1.54) is 12.4 Å². The Labute approximate surface area is 163 Å². The summed E-state index contributed by atoms with van der Waals surface area (Å²) in [6.45, 7) is 0. The van der Waals surface area contributed by atoms with E-state index < -0.39 is 35.1 Å². The molecule has 4 nitrogen and oxygen atoms in total. The van der Waals surface area contributed by atoms with Crippen molar-refractivity contribution in [3.05, 3.63) is 71.6 Å². The number of nitrogens with one attached hydrogen (secondary N) is 2. The first-order valence-corrected chi connectivity index (χ1v) is 8.03. The zero-order valence-electron chi connectivity index (χ0n) is 14.5. The Morgan fingerprint density at radius 2 is 0.967 bits per heavy atom. The second-order valence-corrected chi connectivity index (χ2v) is 5.89. The lowest BCUT2D eigenvalue weighted by Gasteiger charge is -2.14. The lowest BCUT2D eigenvalue weighted by molar-refractivity contribution is -0.138. The van der Waals surface area contributed by atoms with Crippen LogP contribution in [0.15, 0.2) is 48.8 Å². The normalized spacial score (nSPS) is 12.0. The van der Waals surface area contributed by atoms with E-state index in [2.05, 4.69) is 20.6 Å². The predicted octanol–water partition coefficient (Wildman–Crippen LogP) is 6.28. The van der Waals surface area contributed by atoms with Gasteiger partial charge in [-0.15, -0.1) is 0 Å². The van der Waals surface area contributed by atoms with Gasteiger partial charge in [-0.2, -0.15) is 26.3 Å². The number of aromatic nitrogens is 2. The number of benzene rings is 2. The van der Waals surface area contributed by atoms with Gasteiger partial charge in [-0.1, -0.05) is 0 Å². The van der Waals surface area contributed by atoms with Gasteiger partial charge < -0.3 is 10.6 Å². The predicted molar refractivity (Wildman–Crippen MR) is 91.4 cm³/mol. The van der Waals surface area contributed by atoms with Crippen LogP contribution in [0.2, 0.25) is 0 Å². The van der Waals surface area contributed by atoms with Crippen molar-refractivity contribution in [2.45, 2.75) is 12.4 Å². The van der Waals surface area contributed by atoms with Crippen molar-refractivity contribution in [1.82, 2.24) is 9.97 Å². The number of halogens is 8. The Balaban J connectivity index is 1.87. The van der Waals surface area contributed by atoms with Crippen LogP contribution in [0.4, 0.5) is 58.1 Å². The minimum absolute atomic E-state index is 0.199. The van der Waals surface area contributed by atoms with E-state index in [1.54, 1.807) is 0 Å². The fourth-order valence-corrected chi connectivity index (χ4v) is 2.36. The SMILES string of the molecule is Fc1cc(C(F)(F)F)ccc1Nc1nccnc1Nc1ccc(C(F)(F)F)cc1F. The summed E-state index contributed by atoms with van der Waals surface area (Å²) in [6.07, 6.45) is -7.14. The molecule has 0 fully saturated rings. The van der Waals surface area contributed by atoms with E-state index in [0.29, 0.717) is 12.1 Å². The summed E-state index contributed by atoms with van der Waals surface area (Å²) in [5.41, 5.74) is -3.15. The Hall–Kier alpha value is -3.44. The van der Waals surface area contributed by atoms with Crippen LogP contribution in [0.25, 0.3) is 0 Å². The van der Waals surface area contributed by atoms with Crippen LogP contribution in [0.5, 0.6) is 0 Å². The molecule has 0 saturated heterocycles. The number of anilines is 4. The molecule has 0 aliphatic heterocycles. The van der Waals surface area contributed by atoms with Gasteiger partial charge in [-0.3, -0.25) is 0 Å². The number of hydrogen-bond donors (Lipinski definition) is 2. The Morgan fingerprint density at radius 1 is 0.600 bits per heavy atom. The van der Waals surface area contributed by atoms with Crippen molar-refractivity contribution in [2.75, 3.05) is 10.6 Å². The summed E-state index contributed by atoms with van der Waals surface area (Å²) >= 11 is 0. The average Bonchev–Trinajstić information content (AvgIpc) is 2.64. The monoisotopic (exact) mass is 434 g/mol. The molecule has 1 heterocycles. The van der Waals surface area contributed by atoms with E-state index in [-0.39, 0.29) is 35.1 Å². The fraction of sp³-hybridized carbons (Fsp3) is 0.111. The van der Waals surface area contributed by atoms with Gasteiger partial charge >= 0.3 is 12.4 Å². The van der Waals surface area contributed by atoms with E-state index in [0.717, 1.165) is 12.1 Å². The molecule has 0 spiro atoms. The maximum atomic E-state index is 14.0. The van der Waals surface area contributed by atoms with Crippen LogP contribution in [0.3, 0.4) is 0 Å². The van der Waals surface area contributed by atoms with Crippen molar-refractivity contribution in [3.8, 4) is 0 Å². The lowest BCUT2D eigenvalue weighted by Crippen LogP contribution is -2.08. The minimum atomic E-state index is -4.74. The molecule has 3 rings (SSSR count). The molecule has 0 aliphatic carbocycles. The molecule has 12 heteroatoms. The zero-order chi connectivity index (χ0) is 22.1. The Bertz CT molecular complexity index is 978. The van der Waals surface area contributed by atoms with E-state index in [1.807, 2.05) is 0 Å². The smallest absolute Gasteiger partial charge is 0.335 e. The summed E-state index contributed by atoms with van der Waals surface area (Å²) < 4.78 is 104. The molecular formula is C18H10F8N4. The van der Waals surface area contributed by atoms with Gasteiger partial charge in [0, 0.05) is 12.4 Å². The topological polar surface area (TPSA) is 49.8 Å². The van der Waals surface area contributed by atoms with Gasteiger partial charge in [0.15, 0.2) is 11.6 Å². The third-order valence-electron chi connectivity index (χ3n) is 3.80. The summed E-state index contributed by atoms with van der Waals surface area (Å²) in [6, 6.07) is 3.50. The molecule has 0 atom stereocenters. The van der Waals surface area contributed by atoms with Gasteiger partial charge in [0.1, 0.15) is 11.6 Å². The number of rotatable bonds is 4. The first-order chi connectivity index (χ1) is 13.9. The summed E-state index contributed by atoms with van der Waals surface area (Å²) in [4.78, 5) is 7.68. The number of alkyl halides is 6. The van der Waals surface area contributed by atoms with Crippen LogP contribution in [0, 0.1) is 11.6 Å². The highest BCUT2D eigenvalue weighted by atomic mass is 19.4. The van der Waals surface area contributed by atoms with Crippen molar-refractivity contribution in [3.63, 3.8) is 0 Å². The summed E-state index contributed by atoms with van der Waals surface area (Å²) in [5.74, 6) is -2.87. The van der Waals surface area contributed by atoms with Crippen LogP contribution < -0.4 is 10.6 Å². The fourth-order valence-electron chi connectivity index (χ4n) is 2.36.